The van der Waals surface area contributed by atoms with Gasteiger partial charge >= 0.3 is 0 Å². The van der Waals surface area contributed by atoms with Crippen molar-refractivity contribution >= 4 is 11.0 Å². The van der Waals surface area contributed by atoms with Gasteiger partial charge in [-0.25, -0.2) is 0 Å². The summed E-state index contributed by atoms with van der Waals surface area (Å²) in [6.45, 7) is -1.14. The van der Waals surface area contributed by atoms with E-state index in [0.29, 0.717) is 5.56 Å². The largest absolute Gasteiger partial charge is 0.508 e. The molecule has 0 spiro atoms. The summed E-state index contributed by atoms with van der Waals surface area (Å²) in [6, 6.07) is 8.06. The highest BCUT2D eigenvalue weighted by Crippen LogP contribution is 2.44. The van der Waals surface area contributed by atoms with Crippen molar-refractivity contribution < 1.29 is 64.2 Å². The van der Waals surface area contributed by atoms with E-state index in [9.17, 15) is 45.6 Å². The van der Waals surface area contributed by atoms with E-state index in [0.717, 1.165) is 12.1 Å². The first-order chi connectivity index (χ1) is 19.5. The molecule has 8 N–H and O–H groups in total. The maximum Gasteiger partial charge on any atom is 0.197 e. The van der Waals surface area contributed by atoms with Crippen LogP contribution in [-0.4, -0.2) is 110 Å². The van der Waals surface area contributed by atoms with Crippen molar-refractivity contribution in [3.8, 4) is 28.6 Å². The molecule has 3 aromatic rings. The molecule has 41 heavy (non-hydrogen) atoms. The molecule has 2 saturated heterocycles. The average Bonchev–Trinajstić information content (AvgIpc) is 2.96. The topological polar surface area (TPSA) is 229 Å². The van der Waals surface area contributed by atoms with Gasteiger partial charge in [-0.3, -0.25) is 4.79 Å². The molecule has 14 heteroatoms. The molecule has 0 bridgehead atoms. The fourth-order valence-corrected chi connectivity index (χ4v) is 5.05. The molecule has 2 aliphatic heterocycles. The zero-order chi connectivity index (χ0) is 29.6. The fourth-order valence-electron chi connectivity index (χ4n) is 5.05. The Kier molecular flexibility index (Phi) is 8.20. The van der Waals surface area contributed by atoms with Gasteiger partial charge in [-0.05, 0) is 24.3 Å². The SMILES string of the molecule is COc1cc(O)c2c(=O)cc(-c3ccc(O)cc3)oc2c1[C@@H]1OC[C@H](O)[C@H](O)[C@H]1O[C@@H]1O[C@H](CO)[C@@H](O)[C@H](O)[C@H]1O. The van der Waals surface area contributed by atoms with Gasteiger partial charge in [0.05, 0.1) is 25.9 Å². The summed E-state index contributed by atoms with van der Waals surface area (Å²) < 4.78 is 28.6. The van der Waals surface area contributed by atoms with E-state index < -0.39 is 79.5 Å². The summed E-state index contributed by atoms with van der Waals surface area (Å²) in [5.74, 6) is -0.487. The number of benzene rings is 2. The summed E-state index contributed by atoms with van der Waals surface area (Å²) in [7, 11) is 1.27. The predicted octanol–water partition coefficient (Wildman–Crippen LogP) is -1.14. The number of rotatable bonds is 6. The van der Waals surface area contributed by atoms with E-state index in [2.05, 4.69) is 0 Å². The number of hydrogen-bond donors (Lipinski definition) is 8. The Morgan fingerprint density at radius 1 is 0.951 bits per heavy atom. The van der Waals surface area contributed by atoms with Crippen molar-refractivity contribution in [1.82, 2.24) is 0 Å². The molecule has 2 fully saturated rings. The van der Waals surface area contributed by atoms with Gasteiger partial charge in [0.15, 0.2) is 17.3 Å². The number of aromatic hydroxyl groups is 2. The second-order valence-corrected chi connectivity index (χ2v) is 9.85. The number of phenolic OH excluding ortho intramolecular Hbond substituents is 2. The van der Waals surface area contributed by atoms with Crippen molar-refractivity contribution in [2.75, 3.05) is 20.3 Å². The van der Waals surface area contributed by atoms with Crippen LogP contribution in [0.5, 0.6) is 17.2 Å². The first kappa shape index (κ1) is 29.2. The standard InChI is InChI=1S/C27H30O14/c1-37-16-7-13(31)18-12(30)6-15(10-2-4-11(29)5-3-10)39-24(18)19(16)25-26(20(33)14(32)9-38-25)41-27-23(36)22(35)21(34)17(8-28)40-27/h2-7,14,17,20-23,25-29,31-36H,8-9H2,1H3/t14-,17+,20-,21+,22-,23+,25-,26+,27-/m0/s1. The van der Waals surface area contributed by atoms with Crippen LogP contribution in [0.2, 0.25) is 0 Å². The van der Waals surface area contributed by atoms with Crippen molar-refractivity contribution in [1.29, 1.82) is 0 Å². The molecule has 14 nitrogen and oxygen atoms in total. The number of phenols is 2. The summed E-state index contributed by atoms with van der Waals surface area (Å²) >= 11 is 0. The summed E-state index contributed by atoms with van der Waals surface area (Å²) in [5.41, 5.74) is -0.435. The van der Waals surface area contributed by atoms with Gasteiger partial charge in [0.2, 0.25) is 0 Å². The number of ether oxygens (including phenoxy) is 4. The molecule has 0 aliphatic carbocycles. The maximum absolute atomic E-state index is 13.2. The second-order valence-electron chi connectivity index (χ2n) is 9.85. The minimum atomic E-state index is -1.84. The monoisotopic (exact) mass is 578 g/mol. The highest BCUT2D eigenvalue weighted by Gasteiger charge is 2.49. The van der Waals surface area contributed by atoms with Gasteiger partial charge in [0.1, 0.15) is 77.2 Å². The third-order valence-electron chi connectivity index (χ3n) is 7.25. The number of aliphatic hydroxyl groups excluding tert-OH is 6. The van der Waals surface area contributed by atoms with Crippen LogP contribution in [-0.2, 0) is 14.2 Å². The normalized spacial score (nSPS) is 32.2. The van der Waals surface area contributed by atoms with Crippen LogP contribution in [0.3, 0.4) is 0 Å². The third kappa shape index (κ3) is 5.25. The van der Waals surface area contributed by atoms with Gasteiger partial charge in [-0.15, -0.1) is 0 Å². The molecule has 0 saturated carbocycles. The highest BCUT2D eigenvalue weighted by molar-refractivity contribution is 5.89. The third-order valence-corrected chi connectivity index (χ3v) is 7.25. The number of hydrogen-bond acceptors (Lipinski definition) is 14. The zero-order valence-electron chi connectivity index (χ0n) is 21.6. The first-order valence-electron chi connectivity index (χ1n) is 12.7. The van der Waals surface area contributed by atoms with E-state index >= 15 is 0 Å². The Hall–Kier alpha value is -3.31. The predicted molar refractivity (Wildman–Crippen MR) is 137 cm³/mol. The minimum Gasteiger partial charge on any atom is -0.508 e. The van der Waals surface area contributed by atoms with Crippen molar-refractivity contribution in [2.45, 2.75) is 55.1 Å². The number of aliphatic hydroxyl groups is 6. The second kappa shape index (κ2) is 11.5. The van der Waals surface area contributed by atoms with E-state index in [1.54, 1.807) is 0 Å². The molecular formula is C27H30O14. The van der Waals surface area contributed by atoms with E-state index in [1.165, 1.54) is 31.4 Å². The van der Waals surface area contributed by atoms with Crippen LogP contribution in [0.4, 0.5) is 0 Å². The lowest BCUT2D eigenvalue weighted by Crippen LogP contribution is -2.61. The van der Waals surface area contributed by atoms with Crippen molar-refractivity contribution in [3.05, 3.63) is 52.2 Å². The molecule has 5 rings (SSSR count). The summed E-state index contributed by atoms with van der Waals surface area (Å²) in [6.07, 6.45) is -14.4. The summed E-state index contributed by atoms with van der Waals surface area (Å²) in [4.78, 5) is 13.2. The number of fused-ring (bicyclic) bond motifs is 1. The van der Waals surface area contributed by atoms with Crippen molar-refractivity contribution in [3.63, 3.8) is 0 Å². The van der Waals surface area contributed by atoms with Gasteiger partial charge in [-0.1, -0.05) is 0 Å². The molecular weight excluding hydrogens is 548 g/mol. The molecule has 1 aromatic heterocycles. The van der Waals surface area contributed by atoms with Gasteiger partial charge < -0.3 is 64.2 Å². The van der Waals surface area contributed by atoms with E-state index in [-0.39, 0.29) is 33.8 Å². The maximum atomic E-state index is 13.2. The Bertz CT molecular complexity index is 1440. The molecule has 0 amide bonds. The molecule has 2 aromatic carbocycles. The minimum absolute atomic E-state index is 0.00133. The number of methoxy groups -OCH3 is 1. The molecule has 3 heterocycles. The molecule has 9 atom stereocenters. The Morgan fingerprint density at radius 2 is 1.66 bits per heavy atom. The highest BCUT2D eigenvalue weighted by atomic mass is 16.7. The lowest BCUT2D eigenvalue weighted by atomic mass is 9.91. The Morgan fingerprint density at radius 3 is 2.32 bits per heavy atom. The first-order valence-corrected chi connectivity index (χ1v) is 12.7. The van der Waals surface area contributed by atoms with Crippen LogP contribution in [0.1, 0.15) is 11.7 Å². The molecule has 222 valence electrons. The smallest absolute Gasteiger partial charge is 0.197 e. The van der Waals surface area contributed by atoms with Gasteiger partial charge in [0.25, 0.3) is 0 Å². The summed E-state index contributed by atoms with van der Waals surface area (Å²) in [5, 5.41) is 81.9. The van der Waals surface area contributed by atoms with Crippen LogP contribution >= 0.6 is 0 Å². The van der Waals surface area contributed by atoms with Crippen LogP contribution in [0, 0.1) is 0 Å². The molecule has 0 radical (unpaired) electrons. The van der Waals surface area contributed by atoms with Crippen LogP contribution < -0.4 is 10.2 Å². The van der Waals surface area contributed by atoms with Gasteiger partial charge in [0, 0.05) is 17.7 Å². The average molecular weight is 579 g/mol. The Balaban J connectivity index is 1.65. The Labute approximate surface area is 231 Å². The molecule has 0 unspecified atom stereocenters. The zero-order valence-corrected chi connectivity index (χ0v) is 21.6. The molecule has 2 aliphatic rings. The fraction of sp³-hybridized carbons (Fsp3) is 0.444. The lowest BCUT2D eigenvalue weighted by Gasteiger charge is -2.44. The lowest BCUT2D eigenvalue weighted by molar-refractivity contribution is -0.336. The van der Waals surface area contributed by atoms with Gasteiger partial charge in [-0.2, -0.15) is 0 Å². The van der Waals surface area contributed by atoms with Crippen molar-refractivity contribution in [2.24, 2.45) is 0 Å². The van der Waals surface area contributed by atoms with Crippen LogP contribution in [0.25, 0.3) is 22.3 Å². The van der Waals surface area contributed by atoms with Crippen LogP contribution in [0.15, 0.2) is 45.6 Å². The quantitative estimate of drug-likeness (QED) is 0.173. The van der Waals surface area contributed by atoms with E-state index in [1.807, 2.05) is 0 Å². The van der Waals surface area contributed by atoms with E-state index in [4.69, 9.17) is 23.4 Å².